The van der Waals surface area contributed by atoms with Gasteiger partial charge in [-0.15, -0.1) is 5.10 Å². The Bertz CT molecular complexity index is 911. The van der Waals surface area contributed by atoms with Gasteiger partial charge in [0.05, 0.1) is 23.0 Å². The third-order valence-corrected chi connectivity index (χ3v) is 4.75. The lowest BCUT2D eigenvalue weighted by atomic mass is 10.0. The number of nitriles is 2. The summed E-state index contributed by atoms with van der Waals surface area (Å²) in [6.45, 7) is 5.00. The molecule has 1 N–H and O–H groups in total. The van der Waals surface area contributed by atoms with Crippen molar-refractivity contribution in [2.45, 2.75) is 32.7 Å². The number of nitrogens with one attached hydrogen (secondary N) is 1. The average Bonchev–Trinajstić information content (AvgIpc) is 2.65. The maximum Gasteiger partial charge on any atom is 0.167 e. The van der Waals surface area contributed by atoms with Gasteiger partial charge >= 0.3 is 0 Å². The first kappa shape index (κ1) is 17.6. The molecular weight excluding hydrogens is 331 g/mol. The second kappa shape index (κ2) is 7.37. The summed E-state index contributed by atoms with van der Waals surface area (Å²) in [5, 5.41) is 29.8. The molecular formula is C19H19FN6. The fourth-order valence-electron chi connectivity index (χ4n) is 3.19. The maximum atomic E-state index is 14.3. The summed E-state index contributed by atoms with van der Waals surface area (Å²) in [7, 11) is 0. The number of rotatable bonds is 3. The Labute approximate surface area is 151 Å². The molecule has 0 spiro atoms. The molecule has 0 aliphatic carbocycles. The minimum absolute atomic E-state index is 0.0299. The quantitative estimate of drug-likeness (QED) is 0.915. The Morgan fingerprint density at radius 2 is 2.04 bits per heavy atom. The number of aryl methyl sites for hydroxylation is 1. The molecule has 1 aliphatic rings. The summed E-state index contributed by atoms with van der Waals surface area (Å²) >= 11 is 0. The van der Waals surface area contributed by atoms with Crippen LogP contribution in [0.4, 0.5) is 15.9 Å². The van der Waals surface area contributed by atoms with Crippen LogP contribution in [0.25, 0.3) is 0 Å². The summed E-state index contributed by atoms with van der Waals surface area (Å²) in [6.07, 6.45) is 1.78. The van der Waals surface area contributed by atoms with Gasteiger partial charge in [-0.1, -0.05) is 0 Å². The molecule has 0 bridgehead atoms. The zero-order valence-electron chi connectivity index (χ0n) is 14.8. The third kappa shape index (κ3) is 3.43. The van der Waals surface area contributed by atoms with Crippen LogP contribution in [0, 0.1) is 42.3 Å². The molecule has 132 valence electrons. The highest BCUT2D eigenvalue weighted by atomic mass is 19.1. The van der Waals surface area contributed by atoms with Gasteiger partial charge < -0.3 is 10.2 Å². The first-order valence-electron chi connectivity index (χ1n) is 8.48. The van der Waals surface area contributed by atoms with Crippen molar-refractivity contribution in [3.63, 3.8) is 0 Å². The molecule has 0 saturated carbocycles. The van der Waals surface area contributed by atoms with Gasteiger partial charge in [0.15, 0.2) is 5.82 Å². The first-order chi connectivity index (χ1) is 12.5. The molecule has 3 rings (SSSR count). The molecule has 1 aromatic heterocycles. The number of nitrogens with zero attached hydrogens (tertiary/aromatic N) is 5. The number of halogens is 1. The van der Waals surface area contributed by atoms with Crippen LogP contribution < -0.4 is 10.2 Å². The van der Waals surface area contributed by atoms with Crippen molar-refractivity contribution >= 4 is 11.5 Å². The second-order valence-electron chi connectivity index (χ2n) is 6.45. The predicted molar refractivity (Wildman–Crippen MR) is 96.2 cm³/mol. The Balaban J connectivity index is 1.79. The van der Waals surface area contributed by atoms with E-state index in [0.29, 0.717) is 29.2 Å². The van der Waals surface area contributed by atoms with Crippen LogP contribution in [0.5, 0.6) is 0 Å². The van der Waals surface area contributed by atoms with E-state index in [1.54, 1.807) is 12.1 Å². The molecule has 0 radical (unpaired) electrons. The van der Waals surface area contributed by atoms with Crippen LogP contribution in [-0.2, 0) is 0 Å². The molecule has 6 nitrogen and oxygen atoms in total. The van der Waals surface area contributed by atoms with Crippen LogP contribution in [0.15, 0.2) is 18.2 Å². The lowest BCUT2D eigenvalue weighted by Gasteiger charge is -2.35. The highest BCUT2D eigenvalue weighted by molar-refractivity contribution is 5.57. The standard InChI is InChI=1S/C19H19FN6/c1-12-13(2)24-25-19(16(12)10-22)23-15-4-3-7-26(11-15)18-6-5-14(9-21)8-17(18)20/h5-6,8,15H,3-4,7,11H2,1-2H3,(H,23,25). The van der Waals surface area contributed by atoms with Crippen molar-refractivity contribution in [2.24, 2.45) is 0 Å². The highest BCUT2D eigenvalue weighted by Crippen LogP contribution is 2.26. The molecule has 2 aromatic rings. The largest absolute Gasteiger partial charge is 0.367 e. The smallest absolute Gasteiger partial charge is 0.167 e. The molecule has 1 atom stereocenters. The van der Waals surface area contributed by atoms with Crippen LogP contribution in [0.2, 0.25) is 0 Å². The van der Waals surface area contributed by atoms with Gasteiger partial charge in [0.2, 0.25) is 0 Å². The number of anilines is 2. The Morgan fingerprint density at radius 3 is 2.73 bits per heavy atom. The van der Waals surface area contributed by atoms with Crippen molar-refractivity contribution in [1.82, 2.24) is 10.2 Å². The van der Waals surface area contributed by atoms with Gasteiger partial charge in [0.1, 0.15) is 17.4 Å². The third-order valence-electron chi connectivity index (χ3n) is 4.75. The van der Waals surface area contributed by atoms with Gasteiger partial charge in [-0.05, 0) is 50.5 Å². The van der Waals surface area contributed by atoms with Crippen molar-refractivity contribution in [3.8, 4) is 12.1 Å². The van der Waals surface area contributed by atoms with E-state index in [2.05, 4.69) is 21.6 Å². The fourth-order valence-corrected chi connectivity index (χ4v) is 3.19. The van der Waals surface area contributed by atoms with E-state index in [1.807, 2.05) is 24.8 Å². The molecule has 1 aromatic carbocycles. The van der Waals surface area contributed by atoms with Gasteiger partial charge in [-0.3, -0.25) is 0 Å². The maximum absolute atomic E-state index is 14.3. The number of hydrogen-bond acceptors (Lipinski definition) is 6. The minimum Gasteiger partial charge on any atom is -0.367 e. The SMILES string of the molecule is Cc1nnc(NC2CCCN(c3ccc(C#N)cc3F)C2)c(C#N)c1C. The monoisotopic (exact) mass is 350 g/mol. The summed E-state index contributed by atoms with van der Waals surface area (Å²) in [6, 6.07) is 8.69. The number of piperidine rings is 1. The molecule has 7 heteroatoms. The van der Waals surface area contributed by atoms with Crippen LogP contribution in [-0.4, -0.2) is 29.3 Å². The zero-order valence-corrected chi connectivity index (χ0v) is 14.8. The molecule has 1 saturated heterocycles. The average molecular weight is 350 g/mol. The zero-order chi connectivity index (χ0) is 18.7. The summed E-state index contributed by atoms with van der Waals surface area (Å²) in [5.41, 5.74) is 2.84. The van der Waals surface area contributed by atoms with Crippen molar-refractivity contribution < 1.29 is 4.39 Å². The van der Waals surface area contributed by atoms with Crippen molar-refractivity contribution in [3.05, 3.63) is 46.4 Å². The van der Waals surface area contributed by atoms with E-state index in [4.69, 9.17) is 5.26 Å². The number of benzene rings is 1. The van der Waals surface area contributed by atoms with E-state index in [1.165, 1.54) is 6.07 Å². The molecule has 1 unspecified atom stereocenters. The van der Waals surface area contributed by atoms with Gasteiger partial charge in [0.25, 0.3) is 0 Å². The van der Waals surface area contributed by atoms with E-state index in [9.17, 15) is 9.65 Å². The van der Waals surface area contributed by atoms with E-state index >= 15 is 0 Å². The van der Waals surface area contributed by atoms with Gasteiger partial charge in [-0.25, -0.2) is 4.39 Å². The van der Waals surface area contributed by atoms with Crippen LogP contribution in [0.3, 0.4) is 0 Å². The van der Waals surface area contributed by atoms with Gasteiger partial charge in [0, 0.05) is 19.1 Å². The van der Waals surface area contributed by atoms with Crippen LogP contribution >= 0.6 is 0 Å². The van der Waals surface area contributed by atoms with E-state index < -0.39 is 5.82 Å². The Morgan fingerprint density at radius 1 is 1.23 bits per heavy atom. The molecule has 26 heavy (non-hydrogen) atoms. The van der Waals surface area contributed by atoms with Crippen LogP contribution in [0.1, 0.15) is 35.2 Å². The molecule has 1 aliphatic heterocycles. The molecule has 2 heterocycles. The van der Waals surface area contributed by atoms with Crippen molar-refractivity contribution in [1.29, 1.82) is 10.5 Å². The number of hydrogen-bond donors (Lipinski definition) is 1. The molecule has 1 fully saturated rings. The predicted octanol–water partition coefficient (Wildman–Crippen LogP) is 3.06. The lowest BCUT2D eigenvalue weighted by molar-refractivity contribution is 0.517. The second-order valence-corrected chi connectivity index (χ2v) is 6.45. The Kier molecular flexibility index (Phi) is 4.99. The summed E-state index contributed by atoms with van der Waals surface area (Å²) in [4.78, 5) is 1.96. The summed E-state index contributed by atoms with van der Waals surface area (Å²) < 4.78 is 14.3. The van der Waals surface area contributed by atoms with Crippen molar-refractivity contribution in [2.75, 3.05) is 23.3 Å². The topological polar surface area (TPSA) is 88.6 Å². The first-order valence-corrected chi connectivity index (χ1v) is 8.48. The minimum atomic E-state index is -0.395. The number of aromatic nitrogens is 2. The van der Waals surface area contributed by atoms with E-state index in [-0.39, 0.29) is 6.04 Å². The summed E-state index contributed by atoms with van der Waals surface area (Å²) in [5.74, 6) is 0.0798. The molecule has 0 amide bonds. The van der Waals surface area contributed by atoms with Gasteiger partial charge in [-0.2, -0.15) is 15.6 Å². The normalized spacial score (nSPS) is 16.7. The Hall–Kier alpha value is -3.19. The van der Waals surface area contributed by atoms with E-state index in [0.717, 1.165) is 30.6 Å². The fraction of sp³-hybridized carbons (Fsp3) is 0.368. The lowest BCUT2D eigenvalue weighted by Crippen LogP contribution is -2.42. The highest BCUT2D eigenvalue weighted by Gasteiger charge is 2.24.